The van der Waals surface area contributed by atoms with E-state index in [0.717, 1.165) is 15.4 Å². The fourth-order valence-corrected chi connectivity index (χ4v) is 4.02. The zero-order valence-electron chi connectivity index (χ0n) is 17.1. The van der Waals surface area contributed by atoms with Gasteiger partial charge in [0.25, 0.3) is 5.91 Å². The Kier molecular flexibility index (Phi) is 6.74. The zero-order valence-corrected chi connectivity index (χ0v) is 18.7. The lowest BCUT2D eigenvalue weighted by atomic mass is 10.0. The Bertz CT molecular complexity index is 1300. The number of nitrogens with zero attached hydrogens (tertiary/aromatic N) is 1. The second-order valence-corrected chi connectivity index (χ2v) is 8.32. The maximum absolute atomic E-state index is 12.7. The van der Waals surface area contributed by atoms with Gasteiger partial charge in [0.1, 0.15) is 5.75 Å². The van der Waals surface area contributed by atoms with Gasteiger partial charge in [-0.15, -0.1) is 0 Å². The molecule has 1 unspecified atom stereocenters. The number of nitrogens with one attached hydrogen (secondary N) is 1. The van der Waals surface area contributed by atoms with Crippen molar-refractivity contribution in [1.82, 2.24) is 0 Å². The summed E-state index contributed by atoms with van der Waals surface area (Å²) in [7, 11) is 0. The van der Waals surface area contributed by atoms with Crippen molar-refractivity contribution < 1.29 is 18.7 Å². The number of anilines is 3. The lowest BCUT2D eigenvalue weighted by Gasteiger charge is -2.27. The van der Waals surface area contributed by atoms with E-state index in [1.807, 2.05) is 42.5 Å². The van der Waals surface area contributed by atoms with Crippen molar-refractivity contribution >= 4 is 45.8 Å². The zero-order chi connectivity index (χ0) is 23.4. The lowest BCUT2D eigenvalue weighted by Crippen LogP contribution is -2.20. The van der Waals surface area contributed by atoms with Crippen LogP contribution in [0.1, 0.15) is 10.4 Å². The van der Waals surface area contributed by atoms with E-state index in [1.165, 1.54) is 30.3 Å². The Labute approximate surface area is 198 Å². The number of benzene rings is 4. The number of rotatable bonds is 6. The summed E-state index contributed by atoms with van der Waals surface area (Å²) in [5.74, 6) is -0.632. The quantitative estimate of drug-likeness (QED) is 0.267. The maximum Gasteiger partial charge on any atom is 0.255 e. The Morgan fingerprint density at radius 3 is 2.15 bits per heavy atom. The average molecular weight is 478 g/mol. The molecule has 1 amide bonds. The van der Waals surface area contributed by atoms with Crippen molar-refractivity contribution in [2.24, 2.45) is 0 Å². The van der Waals surface area contributed by atoms with Crippen LogP contribution in [0.15, 0.2) is 97.1 Å². The highest BCUT2D eigenvalue weighted by molar-refractivity contribution is 7.81. The third-order valence-electron chi connectivity index (χ3n) is 4.92. The number of carbonyl (C=O) groups is 1. The molecule has 4 aromatic rings. The highest BCUT2D eigenvalue weighted by Gasteiger charge is 2.16. The summed E-state index contributed by atoms with van der Waals surface area (Å²) in [6, 6.07) is 27.2. The van der Waals surface area contributed by atoms with Gasteiger partial charge in [-0.25, -0.2) is 0 Å². The molecule has 4 aromatic carbocycles. The van der Waals surface area contributed by atoms with E-state index < -0.39 is 11.3 Å². The highest BCUT2D eigenvalue weighted by atomic mass is 35.5. The second kappa shape index (κ2) is 9.87. The van der Waals surface area contributed by atoms with Crippen LogP contribution < -0.4 is 9.62 Å². The average Bonchev–Trinajstić information content (AvgIpc) is 2.83. The van der Waals surface area contributed by atoms with E-state index in [4.69, 9.17) is 11.6 Å². The number of aromatic hydroxyl groups is 1. The van der Waals surface area contributed by atoms with Crippen molar-refractivity contribution in [1.29, 1.82) is 0 Å². The number of amides is 1. The first-order chi connectivity index (χ1) is 15.9. The summed E-state index contributed by atoms with van der Waals surface area (Å²) < 4.78 is 24.8. The first-order valence-corrected chi connectivity index (χ1v) is 11.3. The minimum atomic E-state index is -2.73. The summed E-state index contributed by atoms with van der Waals surface area (Å²) >= 11 is 3.16. The molecule has 0 saturated heterocycles. The number of hydrogen-bond donors (Lipinski definition) is 2. The molecule has 0 fully saturated rings. The molecule has 0 radical (unpaired) electrons. The Morgan fingerprint density at radius 2 is 1.52 bits per heavy atom. The molecule has 0 saturated carbocycles. The van der Waals surface area contributed by atoms with Crippen molar-refractivity contribution in [2.45, 2.75) is 0 Å². The normalized spacial score (nSPS) is 11.6. The van der Waals surface area contributed by atoms with Crippen LogP contribution in [0.2, 0.25) is 5.02 Å². The molecule has 166 valence electrons. The number of hydrogen-bond acceptors (Lipinski definition) is 4. The van der Waals surface area contributed by atoms with Crippen molar-refractivity contribution in [3.05, 3.63) is 108 Å². The third-order valence-corrected chi connectivity index (χ3v) is 5.87. The molecule has 0 aromatic heterocycles. The number of halogens is 1. The molecule has 2 N–H and O–H groups in total. The van der Waals surface area contributed by atoms with Crippen molar-refractivity contribution in [3.8, 4) is 16.9 Å². The van der Waals surface area contributed by atoms with Gasteiger partial charge in [0.15, 0.2) is 0 Å². The molecule has 8 heteroatoms. The minimum Gasteiger partial charge on any atom is -0.755 e. The molecule has 0 bridgehead atoms. The Balaban J connectivity index is 1.58. The molecular weight excluding hydrogens is 460 g/mol. The minimum absolute atomic E-state index is 0.0112. The molecule has 0 heterocycles. The maximum atomic E-state index is 12.7. The van der Waals surface area contributed by atoms with Crippen molar-refractivity contribution in [3.63, 3.8) is 0 Å². The highest BCUT2D eigenvalue weighted by Crippen LogP contribution is 2.36. The van der Waals surface area contributed by atoms with Gasteiger partial charge < -0.3 is 15.0 Å². The first-order valence-electron chi connectivity index (χ1n) is 9.87. The molecule has 0 aliphatic rings. The Morgan fingerprint density at radius 1 is 0.879 bits per heavy atom. The van der Waals surface area contributed by atoms with Crippen LogP contribution in [0.3, 0.4) is 0 Å². The summed E-state index contributed by atoms with van der Waals surface area (Å²) in [6.45, 7) is 0. The first kappa shape index (κ1) is 22.5. The second-order valence-electron chi connectivity index (χ2n) is 7.09. The van der Waals surface area contributed by atoms with Crippen LogP contribution in [0.5, 0.6) is 5.75 Å². The van der Waals surface area contributed by atoms with E-state index in [2.05, 4.69) is 5.32 Å². The van der Waals surface area contributed by atoms with Crippen LogP contribution in [0, 0.1) is 0 Å². The number of phenols is 1. The molecule has 0 aliphatic heterocycles. The van der Waals surface area contributed by atoms with E-state index in [-0.39, 0.29) is 23.0 Å². The van der Waals surface area contributed by atoms with Crippen LogP contribution >= 0.6 is 11.6 Å². The fraction of sp³-hybridized carbons (Fsp3) is 0. The van der Waals surface area contributed by atoms with Gasteiger partial charge in [-0.3, -0.25) is 13.3 Å². The van der Waals surface area contributed by atoms with E-state index in [0.29, 0.717) is 16.3 Å². The molecule has 4 rings (SSSR count). The van der Waals surface area contributed by atoms with E-state index in [1.54, 1.807) is 24.3 Å². The molecule has 1 atom stereocenters. The molecular formula is C25H18ClN2O4S-. The largest absolute Gasteiger partial charge is 0.755 e. The van der Waals surface area contributed by atoms with Gasteiger partial charge in [-0.2, -0.15) is 0 Å². The van der Waals surface area contributed by atoms with Crippen LogP contribution in [0.4, 0.5) is 17.1 Å². The monoisotopic (exact) mass is 477 g/mol. The van der Waals surface area contributed by atoms with Crippen LogP contribution in [0.25, 0.3) is 11.1 Å². The SMILES string of the molecule is O=C(Nc1ccc(O)c(N(c2ccc(Cl)cc2)S(=O)[O-])c1)c1ccc(-c2ccccc2)cc1. The summed E-state index contributed by atoms with van der Waals surface area (Å²) in [5.41, 5.74) is 3.05. The molecule has 6 nitrogen and oxygen atoms in total. The predicted molar refractivity (Wildman–Crippen MR) is 130 cm³/mol. The Hall–Kier alpha value is -3.65. The summed E-state index contributed by atoms with van der Waals surface area (Å²) in [6.07, 6.45) is 0. The van der Waals surface area contributed by atoms with Gasteiger partial charge in [0, 0.05) is 16.3 Å². The predicted octanol–water partition coefficient (Wildman–Crippen LogP) is 5.90. The molecule has 0 aliphatic carbocycles. The number of carbonyl (C=O) groups excluding carboxylic acids is 1. The van der Waals surface area contributed by atoms with E-state index >= 15 is 0 Å². The summed E-state index contributed by atoms with van der Waals surface area (Å²) in [5, 5.41) is 13.5. The van der Waals surface area contributed by atoms with E-state index in [9.17, 15) is 18.7 Å². The smallest absolute Gasteiger partial charge is 0.255 e. The molecule has 0 spiro atoms. The number of phenolic OH excluding ortho intramolecular Hbond substituents is 1. The van der Waals surface area contributed by atoms with Crippen LogP contribution in [-0.2, 0) is 11.3 Å². The van der Waals surface area contributed by atoms with Crippen molar-refractivity contribution in [2.75, 3.05) is 9.62 Å². The molecule has 33 heavy (non-hydrogen) atoms. The van der Waals surface area contributed by atoms with Crippen LogP contribution in [-0.4, -0.2) is 19.8 Å². The van der Waals surface area contributed by atoms with Gasteiger partial charge >= 0.3 is 0 Å². The summed E-state index contributed by atoms with van der Waals surface area (Å²) in [4.78, 5) is 12.7. The van der Waals surface area contributed by atoms with Gasteiger partial charge in [-0.05, 0) is 65.7 Å². The van der Waals surface area contributed by atoms with Gasteiger partial charge in [0.2, 0.25) is 0 Å². The standard InChI is InChI=1S/C25H19ClN2O4S/c26-20-10-13-22(14-11-20)28(33(31)32)23-16-21(12-15-24(23)29)27-25(30)19-8-6-18(7-9-19)17-4-2-1-3-5-17/h1-16,29H,(H,27,30)(H,31,32)/p-1. The van der Waals surface area contributed by atoms with Gasteiger partial charge in [-0.1, -0.05) is 54.1 Å². The third kappa shape index (κ3) is 5.23. The topological polar surface area (TPSA) is 92.7 Å². The van der Waals surface area contributed by atoms with Gasteiger partial charge in [0.05, 0.1) is 22.6 Å². The lowest BCUT2D eigenvalue weighted by molar-refractivity contribution is 0.102. The fourth-order valence-electron chi connectivity index (χ4n) is 3.29.